The normalized spacial score (nSPS) is 10.4. The summed E-state index contributed by atoms with van der Waals surface area (Å²) in [6.07, 6.45) is 0. The lowest BCUT2D eigenvalue weighted by atomic mass is 10.5. The first-order valence-electron chi connectivity index (χ1n) is 2.94. The number of nitrogens with one attached hydrogen (secondary N) is 2. The highest BCUT2D eigenvalue weighted by atomic mass is 32.1. The minimum absolute atomic E-state index is 0.0415. The van der Waals surface area contributed by atoms with Gasteiger partial charge in [-0.2, -0.15) is 13.7 Å². The van der Waals surface area contributed by atoms with Crippen molar-refractivity contribution in [2.75, 3.05) is 5.48 Å². The molecule has 0 fully saturated rings. The summed E-state index contributed by atoms with van der Waals surface area (Å²) in [6, 6.07) is 0. The van der Waals surface area contributed by atoms with Gasteiger partial charge >= 0.3 is 0 Å². The van der Waals surface area contributed by atoms with Crippen molar-refractivity contribution in [2.45, 2.75) is 0 Å². The van der Waals surface area contributed by atoms with Crippen molar-refractivity contribution in [3.63, 3.8) is 0 Å². The molecule has 0 saturated heterocycles. The SMILES string of the molecule is O=c1[nH]c(NO)nc2nsnc12. The second-order valence-corrected chi connectivity index (χ2v) is 2.49. The van der Waals surface area contributed by atoms with Crippen LogP contribution in [-0.2, 0) is 0 Å². The summed E-state index contributed by atoms with van der Waals surface area (Å²) >= 11 is 0.894. The molecule has 0 aliphatic rings. The molecule has 3 N–H and O–H groups in total. The Hall–Kier alpha value is -1.54. The van der Waals surface area contributed by atoms with Crippen molar-refractivity contribution in [1.29, 1.82) is 0 Å². The molecule has 62 valence electrons. The van der Waals surface area contributed by atoms with E-state index in [0.717, 1.165) is 11.7 Å². The van der Waals surface area contributed by atoms with Crippen molar-refractivity contribution >= 4 is 28.8 Å². The zero-order valence-electron chi connectivity index (χ0n) is 5.61. The lowest BCUT2D eigenvalue weighted by molar-refractivity contribution is 0.382. The standard InChI is InChI=1S/C4H3N5O2S/c10-3-1-2(9-12-8-1)5-4(6-3)7-11/h11H,(H2,5,6,7,9,10). The molecule has 0 spiro atoms. The second kappa shape index (κ2) is 2.50. The largest absolute Gasteiger partial charge is 0.289 e. The van der Waals surface area contributed by atoms with Crippen LogP contribution in [0.2, 0.25) is 0 Å². The predicted octanol–water partition coefficient (Wildman–Crippen LogP) is -0.424. The molecule has 0 radical (unpaired) electrons. The van der Waals surface area contributed by atoms with E-state index in [1.807, 2.05) is 0 Å². The van der Waals surface area contributed by atoms with Crippen LogP contribution >= 0.6 is 11.7 Å². The van der Waals surface area contributed by atoms with Gasteiger partial charge in [0.1, 0.15) is 0 Å². The third-order valence-corrected chi connectivity index (χ3v) is 1.76. The fourth-order valence-corrected chi connectivity index (χ4v) is 1.25. The van der Waals surface area contributed by atoms with Crippen LogP contribution in [0.5, 0.6) is 0 Å². The lowest BCUT2D eigenvalue weighted by Gasteiger charge is -1.93. The van der Waals surface area contributed by atoms with Crippen molar-refractivity contribution in [3.05, 3.63) is 10.4 Å². The smallest absolute Gasteiger partial charge is 0.281 e. The van der Waals surface area contributed by atoms with Crippen LogP contribution in [0.3, 0.4) is 0 Å². The molecule has 0 aromatic carbocycles. The molecule has 7 nitrogen and oxygen atoms in total. The Labute approximate surface area is 69.4 Å². The molecule has 0 aliphatic carbocycles. The molecule has 0 aliphatic heterocycles. The Balaban J connectivity index is 2.84. The Bertz CT molecular complexity index is 462. The monoisotopic (exact) mass is 185 g/mol. The average Bonchev–Trinajstić information content (AvgIpc) is 2.52. The molecule has 0 atom stereocenters. The quantitative estimate of drug-likeness (QED) is 0.521. The van der Waals surface area contributed by atoms with E-state index in [1.54, 1.807) is 5.48 Å². The topological polar surface area (TPSA) is 104 Å². The van der Waals surface area contributed by atoms with Crippen molar-refractivity contribution < 1.29 is 5.21 Å². The van der Waals surface area contributed by atoms with Crippen molar-refractivity contribution in [3.8, 4) is 0 Å². The van der Waals surface area contributed by atoms with Crippen molar-refractivity contribution in [1.82, 2.24) is 18.7 Å². The number of hydrogen-bond donors (Lipinski definition) is 3. The number of anilines is 1. The lowest BCUT2D eigenvalue weighted by Crippen LogP contribution is -2.11. The third kappa shape index (κ3) is 0.933. The number of aromatic nitrogens is 4. The van der Waals surface area contributed by atoms with E-state index in [1.165, 1.54) is 0 Å². The van der Waals surface area contributed by atoms with Gasteiger partial charge in [-0.15, -0.1) is 0 Å². The molecule has 8 heteroatoms. The summed E-state index contributed by atoms with van der Waals surface area (Å²) in [4.78, 5) is 17.1. The fourth-order valence-electron chi connectivity index (χ4n) is 0.754. The van der Waals surface area contributed by atoms with E-state index >= 15 is 0 Å². The van der Waals surface area contributed by atoms with Gasteiger partial charge in [-0.1, -0.05) is 0 Å². The first-order chi connectivity index (χ1) is 5.81. The van der Waals surface area contributed by atoms with E-state index < -0.39 is 5.56 Å². The summed E-state index contributed by atoms with van der Waals surface area (Å²) in [5.74, 6) is -0.0415. The molecule has 0 saturated carbocycles. The van der Waals surface area contributed by atoms with Gasteiger partial charge in [-0.3, -0.25) is 15.0 Å². The zero-order valence-corrected chi connectivity index (χ0v) is 6.42. The average molecular weight is 185 g/mol. The van der Waals surface area contributed by atoms with Gasteiger partial charge in [0.25, 0.3) is 5.56 Å². The molecular weight excluding hydrogens is 182 g/mol. The van der Waals surface area contributed by atoms with E-state index in [9.17, 15) is 4.79 Å². The van der Waals surface area contributed by atoms with Crippen LogP contribution in [0.25, 0.3) is 11.2 Å². The van der Waals surface area contributed by atoms with Crippen LogP contribution in [0.15, 0.2) is 4.79 Å². The zero-order chi connectivity index (χ0) is 8.55. The van der Waals surface area contributed by atoms with Gasteiger partial charge in [0.05, 0.1) is 11.7 Å². The van der Waals surface area contributed by atoms with Crippen LogP contribution in [0.1, 0.15) is 0 Å². The van der Waals surface area contributed by atoms with Crippen LogP contribution in [0.4, 0.5) is 5.95 Å². The molecule has 0 unspecified atom stereocenters. The minimum atomic E-state index is -0.426. The number of aromatic amines is 1. The van der Waals surface area contributed by atoms with E-state index in [-0.39, 0.29) is 17.1 Å². The fraction of sp³-hybridized carbons (Fsp3) is 0. The number of nitrogens with zero attached hydrogens (tertiary/aromatic N) is 3. The maximum absolute atomic E-state index is 11.1. The molecule has 2 aromatic rings. The Kier molecular flexibility index (Phi) is 1.48. The molecule has 0 amide bonds. The molecule has 2 rings (SSSR count). The Morgan fingerprint density at radius 3 is 3.08 bits per heavy atom. The van der Waals surface area contributed by atoms with Gasteiger partial charge in [0, 0.05) is 0 Å². The molecule has 2 aromatic heterocycles. The molecule has 0 bridgehead atoms. The molecule has 2 heterocycles. The summed E-state index contributed by atoms with van der Waals surface area (Å²) in [5.41, 5.74) is 1.70. The van der Waals surface area contributed by atoms with Gasteiger partial charge in [-0.25, -0.2) is 5.48 Å². The Morgan fingerprint density at radius 1 is 1.50 bits per heavy atom. The van der Waals surface area contributed by atoms with E-state index in [2.05, 4.69) is 18.7 Å². The van der Waals surface area contributed by atoms with Crippen molar-refractivity contribution in [2.24, 2.45) is 0 Å². The highest BCUT2D eigenvalue weighted by molar-refractivity contribution is 7.00. The summed E-state index contributed by atoms with van der Waals surface area (Å²) in [7, 11) is 0. The second-order valence-electron chi connectivity index (χ2n) is 1.96. The highest BCUT2D eigenvalue weighted by Crippen LogP contribution is 2.03. The maximum atomic E-state index is 11.1. The number of fused-ring (bicyclic) bond motifs is 1. The van der Waals surface area contributed by atoms with Crippen LogP contribution in [-0.4, -0.2) is 23.9 Å². The number of H-pyrrole nitrogens is 1. The van der Waals surface area contributed by atoms with Gasteiger partial charge < -0.3 is 0 Å². The number of hydrogen-bond acceptors (Lipinski definition) is 7. The summed E-state index contributed by atoms with van der Waals surface area (Å²) in [5, 5.41) is 8.43. The highest BCUT2D eigenvalue weighted by Gasteiger charge is 2.05. The first-order valence-corrected chi connectivity index (χ1v) is 3.67. The first kappa shape index (κ1) is 7.13. The summed E-state index contributed by atoms with van der Waals surface area (Å²) in [6.45, 7) is 0. The van der Waals surface area contributed by atoms with E-state index in [4.69, 9.17) is 5.21 Å². The summed E-state index contributed by atoms with van der Waals surface area (Å²) < 4.78 is 7.45. The van der Waals surface area contributed by atoms with Gasteiger partial charge in [-0.05, 0) is 0 Å². The minimum Gasteiger partial charge on any atom is -0.289 e. The molecule has 12 heavy (non-hydrogen) atoms. The Morgan fingerprint density at radius 2 is 2.33 bits per heavy atom. The van der Waals surface area contributed by atoms with Gasteiger partial charge in [0.15, 0.2) is 5.52 Å². The van der Waals surface area contributed by atoms with Crippen LogP contribution < -0.4 is 11.0 Å². The predicted molar refractivity (Wildman–Crippen MR) is 41.2 cm³/mol. The third-order valence-electron chi connectivity index (χ3n) is 1.24. The van der Waals surface area contributed by atoms with Gasteiger partial charge in [0.2, 0.25) is 11.6 Å². The molecular formula is C4H3N5O2S. The van der Waals surface area contributed by atoms with Crippen LogP contribution in [0, 0.1) is 0 Å². The maximum Gasteiger partial charge on any atom is 0.281 e. The number of rotatable bonds is 1. The van der Waals surface area contributed by atoms with E-state index in [0.29, 0.717) is 0 Å².